The molecule has 0 radical (unpaired) electrons. The molecule has 2 aromatic rings. The zero-order chi connectivity index (χ0) is 15.1. The average molecular weight is 297 g/mol. The lowest BCUT2D eigenvalue weighted by Gasteiger charge is -2.27. The van der Waals surface area contributed by atoms with Crippen molar-refractivity contribution in [2.24, 2.45) is 0 Å². The number of nitrogens with zero attached hydrogens (tertiary/aromatic N) is 3. The maximum atomic E-state index is 14.0. The van der Waals surface area contributed by atoms with Gasteiger partial charge in [-0.2, -0.15) is 9.37 Å². The molecule has 9 heteroatoms. The van der Waals surface area contributed by atoms with Gasteiger partial charge in [0.15, 0.2) is 0 Å². The van der Waals surface area contributed by atoms with Crippen molar-refractivity contribution in [1.29, 1.82) is 0 Å². The van der Waals surface area contributed by atoms with Crippen LogP contribution >= 0.6 is 0 Å². The zero-order valence-corrected chi connectivity index (χ0v) is 10.5. The van der Waals surface area contributed by atoms with E-state index < -0.39 is 33.9 Å². The molecule has 0 bridgehead atoms. The number of aromatic nitrogens is 2. The SMILES string of the molecule is O=[N+]([O-])c1ccc(F)c(-c2noc(C3CC(O)C3)n2)c1F. The van der Waals surface area contributed by atoms with Crippen LogP contribution in [-0.4, -0.2) is 26.3 Å². The standard InChI is InChI=1S/C12H9F2N3O4/c13-7-1-2-8(17(19)20)10(14)9(7)11-15-12(21-16-11)5-3-6(18)4-5/h1-2,5-6,18H,3-4H2. The van der Waals surface area contributed by atoms with E-state index >= 15 is 0 Å². The lowest BCUT2D eigenvalue weighted by Crippen LogP contribution is -2.26. The number of rotatable bonds is 3. The minimum absolute atomic E-state index is 0.153. The molecule has 0 spiro atoms. The second-order valence-electron chi connectivity index (χ2n) is 4.79. The third kappa shape index (κ3) is 2.25. The normalized spacial score (nSPS) is 21.1. The molecule has 3 rings (SSSR count). The summed E-state index contributed by atoms with van der Waals surface area (Å²) < 4.78 is 32.6. The van der Waals surface area contributed by atoms with E-state index in [1.54, 1.807) is 0 Å². The molecule has 0 atom stereocenters. The molecule has 21 heavy (non-hydrogen) atoms. The summed E-state index contributed by atoms with van der Waals surface area (Å²) in [5, 5.41) is 23.3. The van der Waals surface area contributed by atoms with E-state index in [1.165, 1.54) is 0 Å². The fraction of sp³-hybridized carbons (Fsp3) is 0.333. The Kier molecular flexibility index (Phi) is 3.13. The molecule has 7 nitrogen and oxygen atoms in total. The molecule has 1 aliphatic carbocycles. The summed E-state index contributed by atoms with van der Waals surface area (Å²) in [6.45, 7) is 0. The minimum Gasteiger partial charge on any atom is -0.393 e. The summed E-state index contributed by atoms with van der Waals surface area (Å²) in [7, 11) is 0. The molecule has 1 aliphatic rings. The Labute approximate surface area is 116 Å². The Hall–Kier alpha value is -2.42. The number of aliphatic hydroxyl groups excluding tert-OH is 1. The number of aliphatic hydroxyl groups is 1. The molecular weight excluding hydrogens is 288 g/mol. The number of hydrogen-bond acceptors (Lipinski definition) is 6. The predicted octanol–water partition coefficient (Wildman–Crippen LogP) is 2.16. The maximum Gasteiger partial charge on any atom is 0.305 e. The highest BCUT2D eigenvalue weighted by atomic mass is 19.1. The Balaban J connectivity index is 2.00. The van der Waals surface area contributed by atoms with E-state index in [0.717, 1.165) is 12.1 Å². The van der Waals surface area contributed by atoms with Gasteiger partial charge in [0.25, 0.3) is 0 Å². The highest BCUT2D eigenvalue weighted by molar-refractivity contribution is 5.61. The van der Waals surface area contributed by atoms with Crippen LogP contribution in [0, 0.1) is 21.7 Å². The molecule has 0 amide bonds. The molecular formula is C12H9F2N3O4. The molecule has 0 saturated heterocycles. The first-order chi connectivity index (χ1) is 9.97. The van der Waals surface area contributed by atoms with Crippen molar-refractivity contribution in [1.82, 2.24) is 10.1 Å². The molecule has 0 unspecified atom stereocenters. The van der Waals surface area contributed by atoms with E-state index in [1.807, 2.05) is 0 Å². The van der Waals surface area contributed by atoms with Crippen LogP contribution < -0.4 is 0 Å². The number of hydrogen-bond donors (Lipinski definition) is 1. The van der Waals surface area contributed by atoms with Crippen LogP contribution in [-0.2, 0) is 0 Å². The second-order valence-corrected chi connectivity index (χ2v) is 4.79. The van der Waals surface area contributed by atoms with E-state index in [4.69, 9.17) is 4.52 Å². The monoisotopic (exact) mass is 297 g/mol. The second kappa shape index (κ2) is 4.85. The number of nitro groups is 1. The first-order valence-electron chi connectivity index (χ1n) is 6.11. The largest absolute Gasteiger partial charge is 0.393 e. The van der Waals surface area contributed by atoms with Crippen molar-refractivity contribution in [3.05, 3.63) is 39.8 Å². The first kappa shape index (κ1) is 13.6. The van der Waals surface area contributed by atoms with E-state index in [-0.39, 0.29) is 17.6 Å². The van der Waals surface area contributed by atoms with Crippen LogP contribution in [0.4, 0.5) is 14.5 Å². The maximum absolute atomic E-state index is 14.0. The Morgan fingerprint density at radius 1 is 1.38 bits per heavy atom. The van der Waals surface area contributed by atoms with Crippen LogP contribution in [0.1, 0.15) is 24.7 Å². The highest BCUT2D eigenvalue weighted by Gasteiger charge is 2.34. The summed E-state index contributed by atoms with van der Waals surface area (Å²) in [6, 6.07) is 1.51. The molecule has 1 saturated carbocycles. The van der Waals surface area contributed by atoms with Gasteiger partial charge in [-0.15, -0.1) is 0 Å². The minimum atomic E-state index is -1.35. The fourth-order valence-corrected chi connectivity index (χ4v) is 2.18. The van der Waals surface area contributed by atoms with Crippen molar-refractivity contribution in [2.75, 3.05) is 0 Å². The smallest absolute Gasteiger partial charge is 0.305 e. The van der Waals surface area contributed by atoms with Crippen molar-refractivity contribution < 1.29 is 23.3 Å². The topological polar surface area (TPSA) is 102 Å². The lowest BCUT2D eigenvalue weighted by molar-refractivity contribution is -0.387. The van der Waals surface area contributed by atoms with Gasteiger partial charge >= 0.3 is 5.69 Å². The van der Waals surface area contributed by atoms with Crippen molar-refractivity contribution >= 4 is 5.69 Å². The van der Waals surface area contributed by atoms with Gasteiger partial charge in [-0.1, -0.05) is 5.16 Å². The predicted molar refractivity (Wildman–Crippen MR) is 64.3 cm³/mol. The summed E-state index contributed by atoms with van der Waals surface area (Å²) >= 11 is 0. The summed E-state index contributed by atoms with van der Waals surface area (Å²) in [4.78, 5) is 13.6. The lowest BCUT2D eigenvalue weighted by atomic mass is 9.82. The third-order valence-electron chi connectivity index (χ3n) is 3.40. The summed E-state index contributed by atoms with van der Waals surface area (Å²) in [5.41, 5.74) is -1.56. The highest BCUT2D eigenvalue weighted by Crippen LogP contribution is 2.37. The van der Waals surface area contributed by atoms with Crippen LogP contribution in [0.5, 0.6) is 0 Å². The Bertz CT molecular complexity index is 713. The van der Waals surface area contributed by atoms with Gasteiger partial charge in [0.1, 0.15) is 11.4 Å². The molecule has 1 fully saturated rings. The fourth-order valence-electron chi connectivity index (χ4n) is 2.18. The summed E-state index contributed by atoms with van der Waals surface area (Å²) in [5.74, 6) is -2.75. The van der Waals surface area contributed by atoms with Crippen LogP contribution in [0.25, 0.3) is 11.4 Å². The van der Waals surface area contributed by atoms with Crippen LogP contribution in [0.2, 0.25) is 0 Å². The molecule has 1 aromatic heterocycles. The molecule has 1 heterocycles. The van der Waals surface area contributed by atoms with Gasteiger partial charge in [-0.3, -0.25) is 10.1 Å². The van der Waals surface area contributed by atoms with E-state index in [0.29, 0.717) is 12.8 Å². The quantitative estimate of drug-likeness (QED) is 0.688. The van der Waals surface area contributed by atoms with Crippen molar-refractivity contribution in [3.63, 3.8) is 0 Å². The summed E-state index contributed by atoms with van der Waals surface area (Å²) in [6.07, 6.45) is 0.417. The van der Waals surface area contributed by atoms with Crippen molar-refractivity contribution in [3.8, 4) is 11.4 Å². The number of halogens is 2. The average Bonchev–Trinajstić information content (AvgIpc) is 2.83. The van der Waals surface area contributed by atoms with E-state index in [9.17, 15) is 24.0 Å². The Morgan fingerprint density at radius 2 is 2.10 bits per heavy atom. The van der Waals surface area contributed by atoms with Gasteiger partial charge in [-0.05, 0) is 18.9 Å². The molecule has 110 valence electrons. The number of benzene rings is 1. The molecule has 1 aromatic carbocycles. The molecule has 1 N–H and O–H groups in total. The first-order valence-corrected chi connectivity index (χ1v) is 6.11. The van der Waals surface area contributed by atoms with Gasteiger partial charge in [0, 0.05) is 12.0 Å². The zero-order valence-electron chi connectivity index (χ0n) is 10.5. The van der Waals surface area contributed by atoms with Crippen LogP contribution in [0.15, 0.2) is 16.7 Å². The van der Waals surface area contributed by atoms with Gasteiger partial charge in [-0.25, -0.2) is 4.39 Å². The van der Waals surface area contributed by atoms with Crippen LogP contribution in [0.3, 0.4) is 0 Å². The third-order valence-corrected chi connectivity index (χ3v) is 3.40. The molecule has 0 aliphatic heterocycles. The van der Waals surface area contributed by atoms with E-state index in [2.05, 4.69) is 10.1 Å². The van der Waals surface area contributed by atoms with Gasteiger partial charge < -0.3 is 9.63 Å². The Morgan fingerprint density at radius 3 is 2.71 bits per heavy atom. The van der Waals surface area contributed by atoms with Crippen molar-refractivity contribution in [2.45, 2.75) is 24.9 Å². The van der Waals surface area contributed by atoms with Gasteiger partial charge in [0.05, 0.1) is 11.0 Å². The number of nitro benzene ring substituents is 1. The van der Waals surface area contributed by atoms with Gasteiger partial charge in [0.2, 0.25) is 17.5 Å².